The fourth-order valence-corrected chi connectivity index (χ4v) is 7.00. The normalized spacial score (nSPS) is 32.5. The van der Waals surface area contributed by atoms with Gasteiger partial charge in [0.15, 0.2) is 5.82 Å². The predicted molar refractivity (Wildman–Crippen MR) is 108 cm³/mol. The molecule has 7 nitrogen and oxygen atoms in total. The standard InChI is InChI=1S/C22H33N5O2/c28-20(12-22-9-15-6-16(10-22)8-17(7-15)11-22)24-14-21(29)23-13-19-26-25-18-4-2-1-3-5-27(18)19/h15-17H,1-14H2,(H,23,29)(H,24,28). The smallest absolute Gasteiger partial charge is 0.239 e. The minimum absolute atomic E-state index is 0.0402. The number of carbonyl (C=O) groups excluding carboxylic acids is 2. The molecule has 0 unspecified atom stereocenters. The first-order valence-electron chi connectivity index (χ1n) is 11.5. The van der Waals surface area contributed by atoms with Gasteiger partial charge in [-0.15, -0.1) is 10.2 Å². The van der Waals surface area contributed by atoms with Gasteiger partial charge in [-0.3, -0.25) is 9.59 Å². The summed E-state index contributed by atoms with van der Waals surface area (Å²) in [6.07, 6.45) is 12.9. The van der Waals surface area contributed by atoms with Crippen LogP contribution in [0.1, 0.15) is 75.9 Å². The fraction of sp³-hybridized carbons (Fsp3) is 0.818. The molecule has 0 saturated heterocycles. The maximum atomic E-state index is 12.6. The van der Waals surface area contributed by atoms with Crippen molar-refractivity contribution in [1.29, 1.82) is 0 Å². The SMILES string of the molecule is O=C(CNC(=O)CC12CC3CC(CC(C3)C1)C2)NCc1nnc2n1CCCCC2. The molecular weight excluding hydrogens is 366 g/mol. The number of amides is 2. The van der Waals surface area contributed by atoms with Crippen molar-refractivity contribution < 1.29 is 9.59 Å². The number of rotatable bonds is 6. The second-order valence-electron chi connectivity index (χ2n) is 10.1. The van der Waals surface area contributed by atoms with E-state index in [0.29, 0.717) is 13.0 Å². The van der Waals surface area contributed by atoms with Gasteiger partial charge in [-0.1, -0.05) is 6.42 Å². The highest BCUT2D eigenvalue weighted by molar-refractivity contribution is 5.84. The molecule has 0 radical (unpaired) electrons. The van der Waals surface area contributed by atoms with Crippen molar-refractivity contribution in [2.75, 3.05) is 6.54 Å². The zero-order valence-electron chi connectivity index (χ0n) is 17.3. The lowest BCUT2D eigenvalue weighted by atomic mass is 9.49. The van der Waals surface area contributed by atoms with Crippen molar-refractivity contribution in [3.8, 4) is 0 Å². The average Bonchev–Trinajstić information content (AvgIpc) is 2.89. The summed E-state index contributed by atoms with van der Waals surface area (Å²) in [5.74, 6) is 4.25. The molecule has 7 heteroatoms. The third-order valence-corrected chi connectivity index (χ3v) is 7.78. The van der Waals surface area contributed by atoms with E-state index in [9.17, 15) is 9.59 Å². The number of fused-ring (bicyclic) bond motifs is 1. The van der Waals surface area contributed by atoms with E-state index in [-0.39, 0.29) is 23.8 Å². The van der Waals surface area contributed by atoms with Gasteiger partial charge in [0.25, 0.3) is 0 Å². The maximum absolute atomic E-state index is 12.6. The molecule has 2 N–H and O–H groups in total. The summed E-state index contributed by atoms with van der Waals surface area (Å²) < 4.78 is 2.14. The number of hydrogen-bond donors (Lipinski definition) is 2. The van der Waals surface area contributed by atoms with Gasteiger partial charge in [0.2, 0.25) is 11.8 Å². The number of aryl methyl sites for hydroxylation is 1. The van der Waals surface area contributed by atoms with Crippen LogP contribution in [0.4, 0.5) is 0 Å². The first-order valence-corrected chi connectivity index (χ1v) is 11.5. The van der Waals surface area contributed by atoms with Crippen molar-refractivity contribution >= 4 is 11.8 Å². The lowest BCUT2D eigenvalue weighted by Crippen LogP contribution is -2.48. The van der Waals surface area contributed by atoms with Gasteiger partial charge in [-0.2, -0.15) is 0 Å². The van der Waals surface area contributed by atoms with Crippen LogP contribution >= 0.6 is 0 Å². The number of carbonyl (C=O) groups is 2. The van der Waals surface area contributed by atoms with Crippen LogP contribution in [0.2, 0.25) is 0 Å². The van der Waals surface area contributed by atoms with Gasteiger partial charge in [0, 0.05) is 19.4 Å². The van der Waals surface area contributed by atoms with Crippen LogP contribution in [0.15, 0.2) is 0 Å². The largest absolute Gasteiger partial charge is 0.347 e. The molecule has 4 fully saturated rings. The van der Waals surface area contributed by atoms with Gasteiger partial charge >= 0.3 is 0 Å². The molecule has 0 aromatic carbocycles. The number of hydrogen-bond acceptors (Lipinski definition) is 4. The number of aromatic nitrogens is 3. The molecular formula is C22H33N5O2. The molecule has 0 atom stereocenters. The van der Waals surface area contributed by atoms with Gasteiger partial charge in [-0.05, 0) is 74.5 Å². The Morgan fingerprint density at radius 3 is 2.38 bits per heavy atom. The van der Waals surface area contributed by atoms with E-state index in [2.05, 4.69) is 25.4 Å². The molecule has 4 aliphatic carbocycles. The highest BCUT2D eigenvalue weighted by atomic mass is 16.2. The molecule has 158 valence electrons. The van der Waals surface area contributed by atoms with Crippen LogP contribution < -0.4 is 10.6 Å². The molecule has 4 bridgehead atoms. The summed E-state index contributed by atoms with van der Waals surface area (Å²) in [6.45, 7) is 1.35. The maximum Gasteiger partial charge on any atom is 0.239 e. The Kier molecular flexibility index (Phi) is 5.08. The highest BCUT2D eigenvalue weighted by Crippen LogP contribution is 2.61. The van der Waals surface area contributed by atoms with Gasteiger partial charge in [0.1, 0.15) is 5.82 Å². The second-order valence-corrected chi connectivity index (χ2v) is 10.1. The summed E-state index contributed by atoms with van der Waals surface area (Å²) in [5, 5.41) is 14.3. The molecule has 1 aromatic rings. The Balaban J connectivity index is 1.08. The summed E-state index contributed by atoms with van der Waals surface area (Å²) in [7, 11) is 0. The third kappa shape index (κ3) is 4.05. The Hall–Kier alpha value is -1.92. The summed E-state index contributed by atoms with van der Waals surface area (Å²) in [5.41, 5.74) is 0.217. The van der Waals surface area contributed by atoms with Crippen molar-refractivity contribution in [3.63, 3.8) is 0 Å². The van der Waals surface area contributed by atoms with E-state index in [4.69, 9.17) is 0 Å². The van der Waals surface area contributed by atoms with Crippen LogP contribution in [0, 0.1) is 23.2 Å². The highest BCUT2D eigenvalue weighted by Gasteiger charge is 2.51. The van der Waals surface area contributed by atoms with E-state index in [1.165, 1.54) is 44.9 Å². The first kappa shape index (κ1) is 19.1. The monoisotopic (exact) mass is 399 g/mol. The zero-order valence-corrected chi connectivity index (χ0v) is 17.3. The van der Waals surface area contributed by atoms with Gasteiger partial charge in [0.05, 0.1) is 13.1 Å². The number of nitrogens with one attached hydrogen (secondary N) is 2. The molecule has 1 aliphatic heterocycles. The quantitative estimate of drug-likeness (QED) is 0.768. The number of nitrogens with zero attached hydrogens (tertiary/aromatic N) is 3. The first-order chi connectivity index (χ1) is 14.1. The fourth-order valence-electron chi connectivity index (χ4n) is 7.00. The molecule has 1 aromatic heterocycles. The van der Waals surface area contributed by atoms with E-state index < -0.39 is 0 Å². The summed E-state index contributed by atoms with van der Waals surface area (Å²) >= 11 is 0. The van der Waals surface area contributed by atoms with E-state index in [0.717, 1.165) is 55.2 Å². The average molecular weight is 400 g/mol. The third-order valence-electron chi connectivity index (χ3n) is 7.78. The molecule has 29 heavy (non-hydrogen) atoms. The van der Waals surface area contributed by atoms with Gasteiger partial charge in [-0.25, -0.2) is 0 Å². The van der Waals surface area contributed by atoms with E-state index >= 15 is 0 Å². The lowest BCUT2D eigenvalue weighted by Gasteiger charge is -2.56. The minimum Gasteiger partial charge on any atom is -0.347 e. The Labute approximate surface area is 172 Å². The molecule has 2 amide bonds. The van der Waals surface area contributed by atoms with Gasteiger partial charge < -0.3 is 15.2 Å². The van der Waals surface area contributed by atoms with E-state index in [1.54, 1.807) is 0 Å². The zero-order chi connectivity index (χ0) is 19.8. The van der Waals surface area contributed by atoms with Crippen LogP contribution in [0.3, 0.4) is 0 Å². The van der Waals surface area contributed by atoms with Crippen molar-refractivity contribution in [1.82, 2.24) is 25.4 Å². The Morgan fingerprint density at radius 1 is 0.931 bits per heavy atom. The lowest BCUT2D eigenvalue weighted by molar-refractivity contribution is -0.132. The molecule has 4 saturated carbocycles. The van der Waals surface area contributed by atoms with Crippen LogP contribution in [-0.2, 0) is 29.1 Å². The molecule has 0 spiro atoms. The molecule has 2 heterocycles. The van der Waals surface area contributed by atoms with Crippen LogP contribution in [0.25, 0.3) is 0 Å². The van der Waals surface area contributed by atoms with Crippen molar-refractivity contribution in [2.24, 2.45) is 23.2 Å². The van der Waals surface area contributed by atoms with E-state index in [1.807, 2.05) is 0 Å². The van der Waals surface area contributed by atoms with Crippen molar-refractivity contribution in [3.05, 3.63) is 11.6 Å². The Bertz CT molecular complexity index is 751. The molecule has 5 aliphatic rings. The topological polar surface area (TPSA) is 88.9 Å². The summed E-state index contributed by atoms with van der Waals surface area (Å²) in [4.78, 5) is 24.8. The van der Waals surface area contributed by atoms with Crippen molar-refractivity contribution in [2.45, 2.75) is 83.7 Å². The second kappa shape index (κ2) is 7.73. The Morgan fingerprint density at radius 2 is 1.66 bits per heavy atom. The summed E-state index contributed by atoms with van der Waals surface area (Å²) in [6, 6.07) is 0. The minimum atomic E-state index is -0.158. The predicted octanol–water partition coefficient (Wildman–Crippen LogP) is 2.34. The van der Waals surface area contributed by atoms with Crippen LogP contribution in [0.5, 0.6) is 0 Å². The molecule has 6 rings (SSSR count). The van der Waals surface area contributed by atoms with Crippen LogP contribution in [-0.4, -0.2) is 33.1 Å².